The Kier molecular flexibility index (Phi) is 6.91. The topological polar surface area (TPSA) is 57.6 Å². The largest absolute Gasteiger partial charge is 0.507 e. The van der Waals surface area contributed by atoms with Gasteiger partial charge in [-0.15, -0.1) is 0 Å². The van der Waals surface area contributed by atoms with Crippen molar-refractivity contribution < 1.29 is 14.7 Å². The summed E-state index contributed by atoms with van der Waals surface area (Å²) in [4.78, 5) is 27.4. The SMILES string of the molecule is CCCCCCN1C(=O)C(=O)C(=C(O)c2ccc(C)cc2)[C@@H]1c1ccc(Br)cc1. The number of halogens is 1. The molecule has 1 aliphatic rings. The van der Waals surface area contributed by atoms with Crippen LogP contribution in [-0.4, -0.2) is 28.2 Å². The van der Waals surface area contributed by atoms with Crippen LogP contribution in [0.15, 0.2) is 58.6 Å². The molecule has 1 N–H and O–H groups in total. The first-order valence-corrected chi connectivity index (χ1v) is 10.8. The van der Waals surface area contributed by atoms with Gasteiger partial charge in [-0.1, -0.05) is 84.1 Å². The van der Waals surface area contributed by atoms with Gasteiger partial charge in [0.1, 0.15) is 5.76 Å². The van der Waals surface area contributed by atoms with E-state index in [4.69, 9.17) is 0 Å². The van der Waals surface area contributed by atoms with Crippen LogP contribution in [0.5, 0.6) is 0 Å². The zero-order valence-electron chi connectivity index (χ0n) is 16.8. The van der Waals surface area contributed by atoms with Crippen molar-refractivity contribution in [3.05, 3.63) is 75.3 Å². The third-order valence-electron chi connectivity index (χ3n) is 5.30. The van der Waals surface area contributed by atoms with Crippen LogP contribution in [0, 0.1) is 6.92 Å². The second-order valence-electron chi connectivity index (χ2n) is 7.47. The van der Waals surface area contributed by atoms with Gasteiger partial charge in [-0.05, 0) is 31.0 Å². The van der Waals surface area contributed by atoms with E-state index in [9.17, 15) is 14.7 Å². The number of nitrogens with zero attached hydrogens (tertiary/aromatic N) is 1. The molecule has 0 unspecified atom stereocenters. The molecule has 2 aromatic carbocycles. The highest BCUT2D eigenvalue weighted by Gasteiger charge is 2.45. The molecule has 1 saturated heterocycles. The molecule has 0 aliphatic carbocycles. The molecule has 1 amide bonds. The van der Waals surface area contributed by atoms with Gasteiger partial charge < -0.3 is 10.0 Å². The summed E-state index contributed by atoms with van der Waals surface area (Å²) in [7, 11) is 0. The van der Waals surface area contributed by atoms with Crippen LogP contribution < -0.4 is 0 Å². The van der Waals surface area contributed by atoms with Gasteiger partial charge in [0.15, 0.2) is 0 Å². The normalized spacial score (nSPS) is 18.4. The third-order valence-corrected chi connectivity index (χ3v) is 5.83. The van der Waals surface area contributed by atoms with Crippen LogP contribution in [0.25, 0.3) is 5.76 Å². The smallest absolute Gasteiger partial charge is 0.295 e. The molecule has 152 valence electrons. The number of rotatable bonds is 7. The molecule has 29 heavy (non-hydrogen) atoms. The number of carbonyl (C=O) groups excluding carboxylic acids is 2. The summed E-state index contributed by atoms with van der Waals surface area (Å²) in [5.41, 5.74) is 2.58. The summed E-state index contributed by atoms with van der Waals surface area (Å²) in [6.07, 6.45) is 4.03. The Morgan fingerprint density at radius 2 is 1.66 bits per heavy atom. The number of hydrogen-bond acceptors (Lipinski definition) is 3. The molecule has 0 saturated carbocycles. The summed E-state index contributed by atoms with van der Waals surface area (Å²) in [5, 5.41) is 11.0. The van der Waals surface area contributed by atoms with Crippen molar-refractivity contribution >= 4 is 33.4 Å². The summed E-state index contributed by atoms with van der Waals surface area (Å²) >= 11 is 3.43. The minimum atomic E-state index is -0.619. The predicted molar refractivity (Wildman–Crippen MR) is 118 cm³/mol. The zero-order valence-corrected chi connectivity index (χ0v) is 18.4. The van der Waals surface area contributed by atoms with E-state index in [1.54, 1.807) is 17.0 Å². The number of hydrogen-bond donors (Lipinski definition) is 1. The minimum Gasteiger partial charge on any atom is -0.507 e. The number of unbranched alkanes of at least 4 members (excludes halogenated alkanes) is 3. The van der Waals surface area contributed by atoms with Crippen LogP contribution in [0.3, 0.4) is 0 Å². The van der Waals surface area contributed by atoms with E-state index in [0.717, 1.165) is 41.3 Å². The van der Waals surface area contributed by atoms with Gasteiger partial charge in [0.25, 0.3) is 11.7 Å². The van der Waals surface area contributed by atoms with Crippen LogP contribution in [-0.2, 0) is 9.59 Å². The Morgan fingerprint density at radius 1 is 1.00 bits per heavy atom. The highest BCUT2D eigenvalue weighted by atomic mass is 79.9. The fourth-order valence-electron chi connectivity index (χ4n) is 3.68. The predicted octanol–water partition coefficient (Wildman–Crippen LogP) is 5.76. The zero-order chi connectivity index (χ0) is 21.0. The molecule has 1 fully saturated rings. The number of ketones is 1. The number of amides is 1. The number of aliphatic hydroxyl groups is 1. The van der Waals surface area contributed by atoms with E-state index >= 15 is 0 Å². The van der Waals surface area contributed by atoms with Crippen LogP contribution in [0.1, 0.15) is 55.3 Å². The van der Waals surface area contributed by atoms with E-state index in [-0.39, 0.29) is 11.3 Å². The van der Waals surface area contributed by atoms with Crippen molar-refractivity contribution in [3.8, 4) is 0 Å². The molecule has 1 heterocycles. The van der Waals surface area contributed by atoms with Gasteiger partial charge in [0, 0.05) is 16.6 Å². The van der Waals surface area contributed by atoms with Gasteiger partial charge in [0.05, 0.1) is 11.6 Å². The number of aryl methyl sites for hydroxylation is 1. The number of Topliss-reactive ketones (excluding diaryl/α,β-unsaturated/α-hetero) is 1. The second-order valence-corrected chi connectivity index (χ2v) is 8.39. The molecule has 2 aromatic rings. The number of carbonyl (C=O) groups is 2. The van der Waals surface area contributed by atoms with Crippen LogP contribution in [0.2, 0.25) is 0 Å². The van der Waals surface area contributed by atoms with Crippen molar-refractivity contribution in [2.45, 2.75) is 45.6 Å². The molecule has 4 nitrogen and oxygen atoms in total. The molecule has 1 atom stereocenters. The molecule has 5 heteroatoms. The average molecular weight is 456 g/mol. The first kappa shape index (κ1) is 21.3. The molecule has 0 aromatic heterocycles. The fraction of sp³-hybridized carbons (Fsp3) is 0.333. The lowest BCUT2D eigenvalue weighted by molar-refractivity contribution is -0.139. The average Bonchev–Trinajstić information content (AvgIpc) is 2.96. The summed E-state index contributed by atoms with van der Waals surface area (Å²) in [6.45, 7) is 4.59. The highest BCUT2D eigenvalue weighted by molar-refractivity contribution is 9.10. The molecule has 3 rings (SSSR count). The number of likely N-dealkylation sites (tertiary alicyclic amines) is 1. The quantitative estimate of drug-likeness (QED) is 0.250. The molecule has 0 bridgehead atoms. The lowest BCUT2D eigenvalue weighted by atomic mass is 9.95. The van der Waals surface area contributed by atoms with Crippen molar-refractivity contribution in [2.24, 2.45) is 0 Å². The molecule has 0 spiro atoms. The maximum atomic E-state index is 12.9. The molecule has 1 aliphatic heterocycles. The summed E-state index contributed by atoms with van der Waals surface area (Å²) in [6, 6.07) is 14.3. The van der Waals surface area contributed by atoms with E-state index in [2.05, 4.69) is 22.9 Å². The summed E-state index contributed by atoms with van der Waals surface area (Å²) < 4.78 is 0.916. The van der Waals surface area contributed by atoms with Gasteiger partial charge in [-0.25, -0.2) is 0 Å². The fourth-order valence-corrected chi connectivity index (χ4v) is 3.94. The summed E-state index contributed by atoms with van der Waals surface area (Å²) in [5.74, 6) is -1.28. The Labute approximate surface area is 180 Å². The first-order chi connectivity index (χ1) is 13.9. The van der Waals surface area contributed by atoms with E-state index in [0.29, 0.717) is 12.1 Å². The standard InChI is InChI=1S/C24H26BrNO3/c1-3-4-5-6-15-26-21(17-11-13-19(25)14-12-17)20(23(28)24(26)29)22(27)18-9-7-16(2)8-10-18/h7-14,21,27H,3-6,15H2,1-2H3/t21-/m0/s1. The van der Waals surface area contributed by atoms with Gasteiger partial charge in [0.2, 0.25) is 0 Å². The number of aliphatic hydroxyl groups excluding tert-OH is 1. The maximum Gasteiger partial charge on any atom is 0.295 e. The van der Waals surface area contributed by atoms with Crippen LogP contribution in [0.4, 0.5) is 0 Å². The van der Waals surface area contributed by atoms with Crippen molar-refractivity contribution in [2.75, 3.05) is 6.54 Å². The van der Waals surface area contributed by atoms with Crippen LogP contribution >= 0.6 is 15.9 Å². The van der Waals surface area contributed by atoms with Crippen molar-refractivity contribution in [3.63, 3.8) is 0 Å². The Balaban J connectivity index is 2.05. The monoisotopic (exact) mass is 455 g/mol. The van der Waals surface area contributed by atoms with Crippen molar-refractivity contribution in [1.82, 2.24) is 4.90 Å². The third kappa shape index (κ3) is 4.61. The van der Waals surface area contributed by atoms with E-state index in [1.165, 1.54) is 0 Å². The Bertz CT molecular complexity index is 916. The van der Waals surface area contributed by atoms with E-state index in [1.807, 2.05) is 43.3 Å². The van der Waals surface area contributed by atoms with Gasteiger partial charge in [-0.3, -0.25) is 9.59 Å². The minimum absolute atomic E-state index is 0.118. The molecular formula is C24H26BrNO3. The Hall–Kier alpha value is -2.40. The lowest BCUT2D eigenvalue weighted by Gasteiger charge is -2.25. The Morgan fingerprint density at radius 3 is 2.28 bits per heavy atom. The second kappa shape index (κ2) is 9.40. The van der Waals surface area contributed by atoms with E-state index < -0.39 is 17.7 Å². The number of benzene rings is 2. The van der Waals surface area contributed by atoms with Gasteiger partial charge >= 0.3 is 0 Å². The lowest BCUT2D eigenvalue weighted by Crippen LogP contribution is -2.30. The first-order valence-electron chi connectivity index (χ1n) is 10.0. The highest BCUT2D eigenvalue weighted by Crippen LogP contribution is 2.39. The maximum absolute atomic E-state index is 12.9. The van der Waals surface area contributed by atoms with Crippen molar-refractivity contribution in [1.29, 1.82) is 0 Å². The molecule has 0 radical (unpaired) electrons. The van der Waals surface area contributed by atoms with Gasteiger partial charge in [-0.2, -0.15) is 0 Å². The molecular weight excluding hydrogens is 430 g/mol.